The lowest BCUT2D eigenvalue weighted by Crippen LogP contribution is -2.31. The Labute approximate surface area is 93.1 Å². The van der Waals surface area contributed by atoms with Gasteiger partial charge >= 0.3 is 0 Å². The van der Waals surface area contributed by atoms with Crippen LogP contribution in [0.4, 0.5) is 0 Å². The number of rotatable bonds is 10. The summed E-state index contributed by atoms with van der Waals surface area (Å²) >= 11 is 0. The number of ether oxygens (including phenoxy) is 3. The van der Waals surface area contributed by atoms with Crippen molar-refractivity contribution in [3.63, 3.8) is 0 Å². The summed E-state index contributed by atoms with van der Waals surface area (Å²) < 4.78 is 15.5. The van der Waals surface area contributed by atoms with Crippen LogP contribution in [0.15, 0.2) is 0 Å². The lowest BCUT2D eigenvalue weighted by atomic mass is 10.0. The van der Waals surface area contributed by atoms with Crippen LogP contribution in [0, 0.1) is 0 Å². The van der Waals surface area contributed by atoms with Crippen LogP contribution in [0.25, 0.3) is 0 Å². The molecule has 15 heavy (non-hydrogen) atoms. The molecule has 4 nitrogen and oxygen atoms in total. The zero-order valence-corrected chi connectivity index (χ0v) is 10.3. The highest BCUT2D eigenvalue weighted by Gasteiger charge is 2.08. The van der Waals surface area contributed by atoms with E-state index in [2.05, 4.69) is 0 Å². The van der Waals surface area contributed by atoms with E-state index in [0.717, 1.165) is 19.4 Å². The van der Waals surface area contributed by atoms with Gasteiger partial charge in [-0.2, -0.15) is 0 Å². The molecule has 4 heteroatoms. The Morgan fingerprint density at radius 1 is 0.933 bits per heavy atom. The maximum atomic E-state index is 5.84. The summed E-state index contributed by atoms with van der Waals surface area (Å²) in [6, 6.07) is 0. The Morgan fingerprint density at radius 3 is 2.00 bits per heavy atom. The fourth-order valence-corrected chi connectivity index (χ4v) is 1.09. The standard InChI is InChI=1S/C11H25NO3/c1-11(2,12)5-4-6-14-9-10-15-8-7-13-3/h4-10,12H2,1-3H3. The highest BCUT2D eigenvalue weighted by molar-refractivity contribution is 4.70. The van der Waals surface area contributed by atoms with Gasteiger partial charge in [-0.25, -0.2) is 0 Å². The molecule has 0 saturated heterocycles. The second-order valence-corrected chi connectivity index (χ2v) is 4.31. The first-order valence-electron chi connectivity index (χ1n) is 5.49. The molecule has 0 fully saturated rings. The summed E-state index contributed by atoms with van der Waals surface area (Å²) in [5.74, 6) is 0. The van der Waals surface area contributed by atoms with Gasteiger partial charge in [-0.1, -0.05) is 0 Å². The van der Waals surface area contributed by atoms with Gasteiger partial charge in [-0.3, -0.25) is 0 Å². The van der Waals surface area contributed by atoms with Crippen molar-refractivity contribution < 1.29 is 14.2 Å². The van der Waals surface area contributed by atoms with E-state index in [1.165, 1.54) is 0 Å². The zero-order chi connectivity index (χ0) is 11.6. The topological polar surface area (TPSA) is 53.7 Å². The van der Waals surface area contributed by atoms with Crippen LogP contribution < -0.4 is 5.73 Å². The van der Waals surface area contributed by atoms with E-state index >= 15 is 0 Å². The first kappa shape index (κ1) is 14.8. The molecular formula is C11H25NO3. The summed E-state index contributed by atoms with van der Waals surface area (Å²) in [5.41, 5.74) is 5.75. The average Bonchev–Trinajstić information content (AvgIpc) is 2.14. The number of nitrogens with two attached hydrogens (primary N) is 1. The van der Waals surface area contributed by atoms with Gasteiger partial charge < -0.3 is 19.9 Å². The normalized spacial score (nSPS) is 12.0. The number of methoxy groups -OCH3 is 1. The molecule has 0 aromatic rings. The fraction of sp³-hybridized carbons (Fsp3) is 1.00. The quantitative estimate of drug-likeness (QED) is 0.561. The van der Waals surface area contributed by atoms with Crippen molar-refractivity contribution in [3.8, 4) is 0 Å². The van der Waals surface area contributed by atoms with Crippen LogP contribution in [-0.4, -0.2) is 45.7 Å². The summed E-state index contributed by atoms with van der Waals surface area (Å²) in [7, 11) is 1.66. The molecular weight excluding hydrogens is 194 g/mol. The average molecular weight is 219 g/mol. The monoisotopic (exact) mass is 219 g/mol. The maximum absolute atomic E-state index is 5.84. The maximum Gasteiger partial charge on any atom is 0.0701 e. The SMILES string of the molecule is COCCOCCOCCCC(C)(C)N. The smallest absolute Gasteiger partial charge is 0.0701 e. The van der Waals surface area contributed by atoms with Gasteiger partial charge in [0.25, 0.3) is 0 Å². The zero-order valence-electron chi connectivity index (χ0n) is 10.3. The molecule has 92 valence electrons. The number of hydrogen-bond donors (Lipinski definition) is 1. The Bertz CT molecular complexity index is 134. The van der Waals surface area contributed by atoms with E-state index in [9.17, 15) is 0 Å². The van der Waals surface area contributed by atoms with Crippen molar-refractivity contribution in [1.29, 1.82) is 0 Å². The summed E-state index contributed by atoms with van der Waals surface area (Å²) in [4.78, 5) is 0. The third-order valence-electron chi connectivity index (χ3n) is 1.91. The van der Waals surface area contributed by atoms with Crippen LogP contribution in [0.1, 0.15) is 26.7 Å². The second-order valence-electron chi connectivity index (χ2n) is 4.31. The van der Waals surface area contributed by atoms with E-state index in [-0.39, 0.29) is 5.54 Å². The molecule has 2 N–H and O–H groups in total. The predicted molar refractivity (Wildman–Crippen MR) is 61.0 cm³/mol. The van der Waals surface area contributed by atoms with Gasteiger partial charge in [-0.05, 0) is 26.7 Å². The van der Waals surface area contributed by atoms with Gasteiger partial charge in [0.2, 0.25) is 0 Å². The Balaban J connectivity index is 2.99. The lowest BCUT2D eigenvalue weighted by molar-refractivity contribution is 0.0234. The summed E-state index contributed by atoms with van der Waals surface area (Å²) in [6.07, 6.45) is 1.99. The third-order valence-corrected chi connectivity index (χ3v) is 1.91. The molecule has 0 bridgehead atoms. The van der Waals surface area contributed by atoms with E-state index in [1.807, 2.05) is 13.8 Å². The van der Waals surface area contributed by atoms with E-state index in [1.54, 1.807) is 7.11 Å². The molecule has 0 heterocycles. The van der Waals surface area contributed by atoms with Crippen LogP contribution in [0.3, 0.4) is 0 Å². The molecule has 0 rings (SSSR count). The summed E-state index contributed by atoms with van der Waals surface area (Å²) in [6.45, 7) is 7.37. The Hall–Kier alpha value is -0.160. The molecule has 0 aliphatic rings. The molecule has 0 aromatic carbocycles. The van der Waals surface area contributed by atoms with Crippen molar-refractivity contribution in [1.82, 2.24) is 0 Å². The van der Waals surface area contributed by atoms with Gasteiger partial charge in [-0.15, -0.1) is 0 Å². The molecule has 0 radical (unpaired) electrons. The molecule has 0 atom stereocenters. The van der Waals surface area contributed by atoms with Crippen molar-refractivity contribution in [2.45, 2.75) is 32.2 Å². The third kappa shape index (κ3) is 13.8. The minimum absolute atomic E-state index is 0.0850. The van der Waals surface area contributed by atoms with Crippen LogP contribution in [0.5, 0.6) is 0 Å². The molecule has 0 saturated carbocycles. The van der Waals surface area contributed by atoms with Crippen molar-refractivity contribution in [2.75, 3.05) is 40.1 Å². The first-order valence-corrected chi connectivity index (χ1v) is 5.49. The van der Waals surface area contributed by atoms with Crippen molar-refractivity contribution in [2.24, 2.45) is 5.73 Å². The largest absolute Gasteiger partial charge is 0.382 e. The lowest BCUT2D eigenvalue weighted by Gasteiger charge is -2.17. The van der Waals surface area contributed by atoms with E-state index in [4.69, 9.17) is 19.9 Å². The highest BCUT2D eigenvalue weighted by Crippen LogP contribution is 2.06. The van der Waals surface area contributed by atoms with Gasteiger partial charge in [0.1, 0.15) is 0 Å². The number of hydrogen-bond acceptors (Lipinski definition) is 4. The van der Waals surface area contributed by atoms with Gasteiger partial charge in [0.15, 0.2) is 0 Å². The Morgan fingerprint density at radius 2 is 1.47 bits per heavy atom. The molecule has 0 unspecified atom stereocenters. The first-order chi connectivity index (χ1) is 7.06. The molecule has 0 aliphatic carbocycles. The van der Waals surface area contributed by atoms with Crippen LogP contribution >= 0.6 is 0 Å². The molecule has 0 spiro atoms. The van der Waals surface area contributed by atoms with Crippen molar-refractivity contribution >= 4 is 0 Å². The highest BCUT2D eigenvalue weighted by atomic mass is 16.5. The second kappa shape index (κ2) is 9.09. The minimum atomic E-state index is -0.0850. The van der Waals surface area contributed by atoms with Gasteiger partial charge in [0, 0.05) is 19.3 Å². The van der Waals surface area contributed by atoms with Gasteiger partial charge in [0.05, 0.1) is 26.4 Å². The predicted octanol–water partition coefficient (Wildman–Crippen LogP) is 1.18. The minimum Gasteiger partial charge on any atom is -0.382 e. The van der Waals surface area contributed by atoms with Crippen molar-refractivity contribution in [3.05, 3.63) is 0 Å². The molecule has 0 amide bonds. The van der Waals surface area contributed by atoms with Crippen LogP contribution in [-0.2, 0) is 14.2 Å². The molecule has 0 aliphatic heterocycles. The summed E-state index contributed by atoms with van der Waals surface area (Å²) in [5, 5.41) is 0. The Kier molecular flexibility index (Phi) is 9.00. The van der Waals surface area contributed by atoms with Crippen LogP contribution in [0.2, 0.25) is 0 Å². The fourth-order valence-electron chi connectivity index (χ4n) is 1.09. The molecule has 0 aromatic heterocycles. The van der Waals surface area contributed by atoms with E-state index < -0.39 is 0 Å². The van der Waals surface area contributed by atoms with E-state index in [0.29, 0.717) is 26.4 Å².